The van der Waals surface area contributed by atoms with Crippen LogP contribution in [0.3, 0.4) is 0 Å². The van der Waals surface area contributed by atoms with Crippen LogP contribution >= 0.6 is 0 Å². The van der Waals surface area contributed by atoms with E-state index in [-0.39, 0.29) is 5.69 Å². The monoisotopic (exact) mass is 293 g/mol. The number of anilines is 2. The van der Waals surface area contributed by atoms with Gasteiger partial charge in [0, 0.05) is 6.04 Å². The first-order chi connectivity index (χ1) is 10.1. The maximum Gasteiger partial charge on any atom is 0.276 e. The predicted octanol–water partition coefficient (Wildman–Crippen LogP) is 3.05. The number of nitro groups is 1. The number of hydrogen-bond donors (Lipinski definition) is 3. The molecule has 1 aliphatic carbocycles. The van der Waals surface area contributed by atoms with E-state index in [1.165, 1.54) is 37.8 Å². The molecule has 0 bridgehead atoms. The van der Waals surface area contributed by atoms with Crippen LogP contribution in [0.5, 0.6) is 0 Å². The third-order valence-corrected chi connectivity index (χ3v) is 4.06. The Morgan fingerprint density at radius 2 is 2.00 bits per heavy atom. The molecule has 1 fully saturated rings. The first kappa shape index (κ1) is 15.5. The highest BCUT2D eigenvalue weighted by Gasteiger charge is 2.21. The highest BCUT2D eigenvalue weighted by atomic mass is 16.6. The number of nitrogen functional groups attached to an aromatic ring is 1. The average molecular weight is 293 g/mol. The fraction of sp³-hybridized carbons (Fsp3) is 0.643. The summed E-state index contributed by atoms with van der Waals surface area (Å²) in [6.07, 6.45) is 7.12. The summed E-state index contributed by atoms with van der Waals surface area (Å²) in [6, 6.07) is 3.11. The number of pyridine rings is 1. The molecular formula is C14H23N5O2. The molecule has 116 valence electrons. The Morgan fingerprint density at radius 1 is 1.33 bits per heavy atom. The number of hydrazine groups is 1. The zero-order valence-electron chi connectivity index (χ0n) is 12.3. The molecule has 0 unspecified atom stereocenters. The van der Waals surface area contributed by atoms with Gasteiger partial charge in [-0.05, 0) is 31.6 Å². The van der Waals surface area contributed by atoms with Crippen molar-refractivity contribution in [2.75, 3.05) is 10.7 Å². The second kappa shape index (κ2) is 7.21. The number of nitrogens with one attached hydrogen (secondary N) is 2. The molecule has 2 rings (SSSR count). The largest absolute Gasteiger partial charge is 0.367 e. The molecule has 1 aromatic rings. The first-order valence-electron chi connectivity index (χ1n) is 7.52. The van der Waals surface area contributed by atoms with Crippen molar-refractivity contribution in [2.24, 2.45) is 11.8 Å². The van der Waals surface area contributed by atoms with Crippen LogP contribution in [0.25, 0.3) is 0 Å². The highest BCUT2D eigenvalue weighted by Crippen LogP contribution is 2.30. The molecular weight excluding hydrogens is 270 g/mol. The summed E-state index contributed by atoms with van der Waals surface area (Å²) >= 11 is 0. The first-order valence-corrected chi connectivity index (χ1v) is 7.52. The van der Waals surface area contributed by atoms with Crippen LogP contribution in [-0.2, 0) is 0 Å². The van der Waals surface area contributed by atoms with Gasteiger partial charge in [0.2, 0.25) is 0 Å². The van der Waals surface area contributed by atoms with Gasteiger partial charge >= 0.3 is 0 Å². The number of nitrogens with zero attached hydrogens (tertiary/aromatic N) is 2. The van der Waals surface area contributed by atoms with Gasteiger partial charge in [-0.25, -0.2) is 10.8 Å². The number of nitrogens with two attached hydrogens (primary N) is 1. The molecule has 1 aliphatic rings. The van der Waals surface area contributed by atoms with E-state index in [0.29, 0.717) is 17.7 Å². The summed E-state index contributed by atoms with van der Waals surface area (Å²) in [5, 5.41) is 14.2. The Balaban J connectivity index is 2.00. The Bertz CT molecular complexity index is 486. The van der Waals surface area contributed by atoms with Crippen molar-refractivity contribution in [3.8, 4) is 0 Å². The van der Waals surface area contributed by atoms with Crippen molar-refractivity contribution in [2.45, 2.75) is 51.5 Å². The zero-order valence-corrected chi connectivity index (χ0v) is 12.3. The van der Waals surface area contributed by atoms with E-state index in [4.69, 9.17) is 5.84 Å². The summed E-state index contributed by atoms with van der Waals surface area (Å²) in [5.41, 5.74) is 2.35. The minimum atomic E-state index is -0.439. The molecule has 1 aromatic heterocycles. The van der Waals surface area contributed by atoms with Gasteiger partial charge in [-0.15, -0.1) is 0 Å². The van der Waals surface area contributed by atoms with E-state index in [1.807, 2.05) is 0 Å². The van der Waals surface area contributed by atoms with Gasteiger partial charge in [-0.2, -0.15) is 0 Å². The van der Waals surface area contributed by atoms with E-state index < -0.39 is 4.92 Å². The summed E-state index contributed by atoms with van der Waals surface area (Å²) in [4.78, 5) is 14.7. The molecule has 21 heavy (non-hydrogen) atoms. The van der Waals surface area contributed by atoms with E-state index in [0.717, 1.165) is 18.8 Å². The second-order valence-corrected chi connectivity index (χ2v) is 5.65. The van der Waals surface area contributed by atoms with Gasteiger partial charge in [-0.3, -0.25) is 10.1 Å². The lowest BCUT2D eigenvalue weighted by atomic mass is 9.83. The van der Waals surface area contributed by atoms with Crippen LogP contribution in [0.2, 0.25) is 0 Å². The Morgan fingerprint density at radius 3 is 2.57 bits per heavy atom. The summed E-state index contributed by atoms with van der Waals surface area (Å²) in [6.45, 7) is 2.22. The van der Waals surface area contributed by atoms with Gasteiger partial charge in [0.1, 0.15) is 11.6 Å². The molecule has 0 aromatic carbocycles. The average Bonchev–Trinajstić information content (AvgIpc) is 2.49. The van der Waals surface area contributed by atoms with Crippen molar-refractivity contribution in [1.82, 2.24) is 4.98 Å². The van der Waals surface area contributed by atoms with Gasteiger partial charge in [-0.1, -0.05) is 19.8 Å². The van der Waals surface area contributed by atoms with Crippen LogP contribution in [-0.4, -0.2) is 15.9 Å². The quantitative estimate of drug-likeness (QED) is 0.423. The smallest absolute Gasteiger partial charge is 0.276 e. The van der Waals surface area contributed by atoms with E-state index in [2.05, 4.69) is 22.7 Å². The highest BCUT2D eigenvalue weighted by molar-refractivity contribution is 5.54. The molecule has 0 atom stereocenters. The third kappa shape index (κ3) is 4.29. The fourth-order valence-electron chi connectivity index (χ4n) is 2.98. The lowest BCUT2D eigenvalue weighted by Gasteiger charge is -2.29. The van der Waals surface area contributed by atoms with Crippen LogP contribution in [0.15, 0.2) is 12.1 Å². The standard InChI is InChI=1S/C14H23N5O2/c1-2-3-10-4-6-11(7-5-10)16-13-8-12(19(20)21)9-14(17-13)18-15/h8-11H,2-7,15H2,1H3,(H2,16,17,18). The van der Waals surface area contributed by atoms with Crippen molar-refractivity contribution < 1.29 is 4.92 Å². The van der Waals surface area contributed by atoms with Gasteiger partial charge in [0.25, 0.3) is 5.69 Å². The van der Waals surface area contributed by atoms with Crippen LogP contribution in [0.4, 0.5) is 17.3 Å². The molecule has 7 nitrogen and oxygen atoms in total. The van der Waals surface area contributed by atoms with Gasteiger partial charge < -0.3 is 10.7 Å². The van der Waals surface area contributed by atoms with Crippen LogP contribution in [0, 0.1) is 16.0 Å². The van der Waals surface area contributed by atoms with Crippen molar-refractivity contribution >= 4 is 17.3 Å². The SMILES string of the molecule is CCCC1CCC(Nc2cc([N+](=O)[O-])cc(NN)n2)CC1. The Labute approximate surface area is 124 Å². The topological polar surface area (TPSA) is 106 Å². The lowest BCUT2D eigenvalue weighted by Crippen LogP contribution is -2.26. The van der Waals surface area contributed by atoms with E-state index in [1.54, 1.807) is 0 Å². The molecule has 0 spiro atoms. The van der Waals surface area contributed by atoms with Crippen molar-refractivity contribution in [3.63, 3.8) is 0 Å². The number of hydrogen-bond acceptors (Lipinski definition) is 6. The maximum absolute atomic E-state index is 10.9. The molecule has 4 N–H and O–H groups in total. The molecule has 0 saturated heterocycles. The van der Waals surface area contributed by atoms with Crippen LogP contribution < -0.4 is 16.6 Å². The molecule has 0 aliphatic heterocycles. The van der Waals surface area contributed by atoms with Gasteiger partial charge in [0.05, 0.1) is 17.1 Å². The number of rotatable bonds is 6. The van der Waals surface area contributed by atoms with Crippen LogP contribution in [0.1, 0.15) is 45.4 Å². The molecule has 7 heteroatoms. The molecule has 0 radical (unpaired) electrons. The minimum absolute atomic E-state index is 0.0138. The Kier molecular flexibility index (Phi) is 5.32. The van der Waals surface area contributed by atoms with Crippen molar-refractivity contribution in [1.29, 1.82) is 0 Å². The van der Waals surface area contributed by atoms with Crippen molar-refractivity contribution in [3.05, 3.63) is 22.2 Å². The zero-order chi connectivity index (χ0) is 15.2. The lowest BCUT2D eigenvalue weighted by molar-refractivity contribution is -0.384. The maximum atomic E-state index is 10.9. The summed E-state index contributed by atoms with van der Waals surface area (Å²) in [7, 11) is 0. The Hall–Kier alpha value is -1.89. The predicted molar refractivity (Wildman–Crippen MR) is 83.0 cm³/mol. The molecule has 0 amide bonds. The normalized spacial score (nSPS) is 21.8. The van der Waals surface area contributed by atoms with E-state index in [9.17, 15) is 10.1 Å². The summed E-state index contributed by atoms with van der Waals surface area (Å²) < 4.78 is 0. The van der Waals surface area contributed by atoms with Gasteiger partial charge in [0.15, 0.2) is 0 Å². The molecule has 1 saturated carbocycles. The second-order valence-electron chi connectivity index (χ2n) is 5.65. The minimum Gasteiger partial charge on any atom is -0.367 e. The van der Waals surface area contributed by atoms with E-state index >= 15 is 0 Å². The third-order valence-electron chi connectivity index (χ3n) is 4.06. The fourth-order valence-corrected chi connectivity index (χ4v) is 2.98. The molecule has 1 heterocycles. The summed E-state index contributed by atoms with van der Waals surface area (Å²) in [5.74, 6) is 6.94. The number of aromatic nitrogens is 1.